The highest BCUT2D eigenvalue weighted by molar-refractivity contribution is 5.91. The van der Waals surface area contributed by atoms with Crippen LogP contribution in [0.2, 0.25) is 0 Å². The van der Waals surface area contributed by atoms with Gasteiger partial charge in [0, 0.05) is 73.1 Å². The summed E-state index contributed by atoms with van der Waals surface area (Å²) in [5.41, 5.74) is 0.680. The molecule has 3 aliphatic rings. The van der Waals surface area contributed by atoms with Gasteiger partial charge in [-0.1, -0.05) is 25.0 Å². The van der Waals surface area contributed by atoms with Gasteiger partial charge in [-0.05, 0) is 82.5 Å². The smallest absolute Gasteiger partial charge is 0.242 e. The fraction of sp³-hybridized carbons (Fsp3) is 0.759. The molecular weight excluding hydrogens is 1210 g/mol. The Balaban J connectivity index is 1.37. The molecule has 91 heavy (non-hydrogen) atoms. The zero-order chi connectivity index (χ0) is 67.2. The van der Waals surface area contributed by atoms with Crippen molar-refractivity contribution in [1.29, 1.82) is 0 Å². The third-order valence-corrected chi connectivity index (χ3v) is 15.4. The number of rotatable bonds is 40. The number of hydrogen-bond donors (Lipinski definition) is 19. The number of amides is 8. The second kappa shape index (κ2) is 41.0. The number of nitrogens with one attached hydrogen (secondary N) is 9. The molecule has 8 amide bonds. The van der Waals surface area contributed by atoms with E-state index >= 15 is 0 Å². The van der Waals surface area contributed by atoms with Crippen molar-refractivity contribution >= 4 is 47.3 Å². The second-order valence-corrected chi connectivity index (χ2v) is 22.6. The molecule has 4 rings (SSSR count). The van der Waals surface area contributed by atoms with Crippen molar-refractivity contribution in [2.75, 3.05) is 66.3 Å². The number of phenols is 1. The number of carbonyl (C=O) groups excluding carboxylic acids is 8. The van der Waals surface area contributed by atoms with Crippen LogP contribution in [0, 0.1) is 0 Å². The summed E-state index contributed by atoms with van der Waals surface area (Å²) in [6.45, 7) is 2.22. The lowest BCUT2D eigenvalue weighted by atomic mass is 9.97. The molecule has 19 N–H and O–H groups in total. The molecule has 0 radical (unpaired) electrons. The van der Waals surface area contributed by atoms with E-state index in [0.29, 0.717) is 56.9 Å². The van der Waals surface area contributed by atoms with Crippen LogP contribution in [0.1, 0.15) is 103 Å². The van der Waals surface area contributed by atoms with Crippen molar-refractivity contribution < 1.29 is 118 Å². The summed E-state index contributed by atoms with van der Waals surface area (Å²) >= 11 is 0. The molecule has 33 nitrogen and oxygen atoms in total. The predicted octanol–water partition coefficient (Wildman–Crippen LogP) is -6.60. The normalized spacial score (nSPS) is 27.5. The molecule has 0 saturated carbocycles. The van der Waals surface area contributed by atoms with Crippen molar-refractivity contribution in [3.05, 3.63) is 29.8 Å². The van der Waals surface area contributed by atoms with E-state index in [1.807, 2.05) is 0 Å². The number of aliphatic hydroxyl groups is 9. The van der Waals surface area contributed by atoms with Crippen molar-refractivity contribution in [3.8, 4) is 5.75 Å². The maximum atomic E-state index is 13.9. The summed E-state index contributed by atoms with van der Waals surface area (Å²) in [7, 11) is 1.54. The Hall–Kier alpha value is -5.86. The van der Waals surface area contributed by atoms with Gasteiger partial charge in [-0.2, -0.15) is 0 Å². The minimum absolute atomic E-state index is 0.0130. The van der Waals surface area contributed by atoms with E-state index < -0.39 is 184 Å². The maximum Gasteiger partial charge on any atom is 0.242 e. The topological polar surface area (TPSA) is 503 Å². The van der Waals surface area contributed by atoms with Gasteiger partial charge in [-0.25, -0.2) is 0 Å². The second-order valence-electron chi connectivity index (χ2n) is 22.6. The Morgan fingerprint density at radius 2 is 0.824 bits per heavy atom. The number of aliphatic hydroxyl groups excluding tert-OH is 9. The SMILES string of the molecule is CNC(Cc1ccc(O)cc1)C(=O)NC(CCC(=O)NC(CCC(=O)NCCCCCCOC1OC(CO)C(O)C(O)C1NC(C)=O)C(=O)NCCCCOC1OC(CO)C(O)C(O)C1NC(C)=O)C(=O)NCCCCOC1OC(CO)C(O)C(O)C1NC(C)=O. The fourth-order valence-corrected chi connectivity index (χ4v) is 10.3. The molecule has 3 heterocycles. The Kier molecular flexibility index (Phi) is 34.9. The van der Waals surface area contributed by atoms with Crippen LogP contribution in [0.15, 0.2) is 24.3 Å². The van der Waals surface area contributed by atoms with Gasteiger partial charge in [0.1, 0.15) is 90.9 Å². The number of likely N-dealkylation sites (N-methyl/N-ethyl adjacent to an activating group) is 1. The summed E-state index contributed by atoms with van der Waals surface area (Å²) in [4.78, 5) is 104. The average Bonchev–Trinajstić information content (AvgIpc) is 1.02. The molecule has 3 aliphatic heterocycles. The molecule has 518 valence electrons. The molecule has 0 aromatic heterocycles. The first kappa shape index (κ1) is 77.6. The highest BCUT2D eigenvalue weighted by Crippen LogP contribution is 2.26. The van der Waals surface area contributed by atoms with Crippen molar-refractivity contribution in [2.45, 2.75) is 214 Å². The number of benzene rings is 1. The lowest BCUT2D eigenvalue weighted by molar-refractivity contribution is -0.270. The van der Waals surface area contributed by atoms with Crippen LogP contribution in [0.5, 0.6) is 5.75 Å². The Bertz CT molecular complexity index is 2400. The number of phenolic OH excluding ortho intramolecular Hbond substituents is 1. The third kappa shape index (κ3) is 26.2. The molecule has 33 heteroatoms. The Labute approximate surface area is 527 Å². The average molecular weight is 1300 g/mol. The monoisotopic (exact) mass is 1300 g/mol. The van der Waals surface area contributed by atoms with Gasteiger partial charge in [0.2, 0.25) is 47.3 Å². The van der Waals surface area contributed by atoms with E-state index in [-0.39, 0.29) is 70.9 Å². The van der Waals surface area contributed by atoms with Gasteiger partial charge in [0.15, 0.2) is 18.9 Å². The number of aromatic hydroxyl groups is 1. The van der Waals surface area contributed by atoms with E-state index in [1.165, 1.54) is 32.9 Å². The van der Waals surface area contributed by atoms with Gasteiger partial charge in [-0.3, -0.25) is 38.4 Å². The summed E-state index contributed by atoms with van der Waals surface area (Å²) in [6, 6.07) is -0.706. The molecule has 18 unspecified atom stereocenters. The fourth-order valence-electron chi connectivity index (χ4n) is 10.3. The predicted molar refractivity (Wildman–Crippen MR) is 317 cm³/mol. The Morgan fingerprint density at radius 3 is 1.22 bits per heavy atom. The summed E-state index contributed by atoms with van der Waals surface area (Å²) in [6.07, 6.45) is -13.5. The summed E-state index contributed by atoms with van der Waals surface area (Å²) in [5.74, 6) is -4.61. The number of hydrogen-bond acceptors (Lipinski definition) is 25. The minimum Gasteiger partial charge on any atom is -0.508 e. The van der Waals surface area contributed by atoms with Crippen LogP contribution in [0.25, 0.3) is 0 Å². The Morgan fingerprint density at radius 1 is 0.462 bits per heavy atom. The number of carbonyl (C=O) groups is 8. The quantitative estimate of drug-likeness (QED) is 0.0272. The zero-order valence-corrected chi connectivity index (χ0v) is 51.9. The van der Waals surface area contributed by atoms with Gasteiger partial charge >= 0.3 is 0 Å². The van der Waals surface area contributed by atoms with E-state index in [1.54, 1.807) is 19.2 Å². The first-order chi connectivity index (χ1) is 43.4. The highest BCUT2D eigenvalue weighted by Gasteiger charge is 2.48. The van der Waals surface area contributed by atoms with E-state index in [2.05, 4.69) is 47.9 Å². The van der Waals surface area contributed by atoms with E-state index in [9.17, 15) is 89.4 Å². The molecule has 0 aliphatic carbocycles. The van der Waals surface area contributed by atoms with Gasteiger partial charge in [-0.15, -0.1) is 0 Å². The van der Waals surface area contributed by atoms with Gasteiger partial charge in [0.05, 0.1) is 25.9 Å². The number of unbranched alkanes of at least 4 members (excludes halogenated alkanes) is 5. The molecule has 1 aromatic rings. The lowest BCUT2D eigenvalue weighted by Gasteiger charge is -2.42. The van der Waals surface area contributed by atoms with E-state index in [0.717, 1.165) is 0 Å². The van der Waals surface area contributed by atoms with Crippen LogP contribution in [-0.4, -0.2) is 275 Å². The standard InChI is InChI=1S/C58H97N9O24/c1-31(71)63-44-50(80)47(77)39(28-68)89-56(44)86-24-10-6-5-7-21-60-42(75)19-17-36(53(83)61-22-8-11-25-87-57-45(64-32(2)72)51(81)48(78)40(29-69)90-57)66-43(76)20-18-37(67-55(85)38(59-4)27-34-13-15-35(74)16-14-34)54(84)62-23-9-12-26-88-58-46(65-33(3)73)52(82)49(79)41(30-70)91-58/h13-16,36-41,44-52,56-59,68-70,74,77-82H,5-12,17-30H2,1-4H3,(H,60,75)(H,61,83)(H,62,84)(H,63,71)(H,64,72)(H,65,73)(H,66,76)(H,67,85). The van der Waals surface area contributed by atoms with Crippen molar-refractivity contribution in [1.82, 2.24) is 47.9 Å². The molecular formula is C58H97N9O24. The van der Waals surface area contributed by atoms with Gasteiger partial charge in [0.25, 0.3) is 0 Å². The molecule has 3 fully saturated rings. The molecule has 18 atom stereocenters. The third-order valence-electron chi connectivity index (χ3n) is 15.4. The largest absolute Gasteiger partial charge is 0.508 e. The summed E-state index contributed by atoms with van der Waals surface area (Å²) < 4.78 is 34.1. The zero-order valence-electron chi connectivity index (χ0n) is 51.9. The lowest BCUT2D eigenvalue weighted by Crippen LogP contribution is -2.64. The van der Waals surface area contributed by atoms with Crippen LogP contribution >= 0.6 is 0 Å². The highest BCUT2D eigenvalue weighted by atomic mass is 16.7. The van der Waals surface area contributed by atoms with Gasteiger partial charge < -0.3 is 127 Å². The van der Waals surface area contributed by atoms with Crippen molar-refractivity contribution in [2.24, 2.45) is 0 Å². The first-order valence-corrected chi connectivity index (χ1v) is 30.8. The molecule has 1 aromatic carbocycles. The van der Waals surface area contributed by atoms with Crippen LogP contribution in [0.4, 0.5) is 0 Å². The van der Waals surface area contributed by atoms with Crippen LogP contribution < -0.4 is 47.9 Å². The minimum atomic E-state index is -1.52. The summed E-state index contributed by atoms with van der Waals surface area (Å²) in [5, 5.41) is 125. The van der Waals surface area contributed by atoms with Crippen molar-refractivity contribution in [3.63, 3.8) is 0 Å². The van der Waals surface area contributed by atoms with Crippen LogP contribution in [-0.2, 0) is 73.2 Å². The molecule has 0 spiro atoms. The molecule has 3 saturated heterocycles. The molecule has 0 bridgehead atoms. The van der Waals surface area contributed by atoms with E-state index in [4.69, 9.17) is 28.4 Å². The van der Waals surface area contributed by atoms with Crippen LogP contribution in [0.3, 0.4) is 0 Å². The first-order valence-electron chi connectivity index (χ1n) is 30.8. The maximum absolute atomic E-state index is 13.9. The number of ether oxygens (including phenoxy) is 6.